The first-order valence-corrected chi connectivity index (χ1v) is 14.4. The Kier molecular flexibility index (Phi) is 5.39. The van der Waals surface area contributed by atoms with Crippen LogP contribution in [0.25, 0.3) is 0 Å². The maximum absolute atomic E-state index is 6.09. The van der Waals surface area contributed by atoms with Gasteiger partial charge in [-0.05, 0) is 0 Å². The summed E-state index contributed by atoms with van der Waals surface area (Å²) >= 11 is 26.5. The minimum absolute atomic E-state index is 0.699. The quantitative estimate of drug-likeness (QED) is 0.320. The van der Waals surface area contributed by atoms with Crippen molar-refractivity contribution >= 4 is 85.7 Å². The van der Waals surface area contributed by atoms with E-state index < -0.39 is 4.01 Å². The van der Waals surface area contributed by atoms with Crippen molar-refractivity contribution in [1.29, 1.82) is 0 Å². The Hall–Kier alpha value is -0.0800. The third-order valence-corrected chi connectivity index (χ3v) is 15.6. The van der Waals surface area contributed by atoms with Crippen molar-refractivity contribution in [2.45, 2.75) is 0 Å². The molecule has 0 heterocycles. The van der Waals surface area contributed by atoms with Crippen LogP contribution in [0.15, 0.2) is 72.8 Å². The van der Waals surface area contributed by atoms with Crippen LogP contribution in [0, 0.1) is 0 Å². The fraction of sp³-hybridized carbons (Fsp3) is 0. The van der Waals surface area contributed by atoms with Gasteiger partial charge < -0.3 is 0 Å². The number of hydrogen-bond donors (Lipinski definition) is 0. The summed E-state index contributed by atoms with van der Waals surface area (Å²) in [5, 5.41) is 5.42. The van der Waals surface area contributed by atoms with Gasteiger partial charge in [-0.1, -0.05) is 0 Å². The standard InChI is InChI=1S/C18H12Br2Cl3P/c19-24(20,16-7-1-13(21)2-8-16,17-9-3-14(22)4-10-17)18-11-5-15(23)6-12-18/h1-12H. The molecular formula is C18H12Br2Cl3P. The van der Waals surface area contributed by atoms with Gasteiger partial charge in [-0.25, -0.2) is 0 Å². The molecule has 0 saturated carbocycles. The molecule has 0 atom stereocenters. The monoisotopic (exact) mass is 522 g/mol. The van der Waals surface area contributed by atoms with Gasteiger partial charge in [-0.3, -0.25) is 0 Å². The molecule has 0 aromatic heterocycles. The second-order valence-electron chi connectivity index (χ2n) is 5.34. The van der Waals surface area contributed by atoms with E-state index in [1.165, 1.54) is 0 Å². The van der Waals surface area contributed by atoms with Gasteiger partial charge in [0.15, 0.2) is 0 Å². The molecule has 6 heteroatoms. The van der Waals surface area contributed by atoms with Crippen LogP contribution < -0.4 is 15.9 Å². The van der Waals surface area contributed by atoms with Crippen molar-refractivity contribution in [3.63, 3.8) is 0 Å². The van der Waals surface area contributed by atoms with E-state index in [0.717, 1.165) is 15.9 Å². The molecule has 3 aromatic rings. The van der Waals surface area contributed by atoms with Gasteiger partial charge in [0.2, 0.25) is 0 Å². The zero-order chi connectivity index (χ0) is 17.4. The first-order valence-electron chi connectivity index (χ1n) is 7.04. The van der Waals surface area contributed by atoms with Crippen molar-refractivity contribution in [1.82, 2.24) is 0 Å². The predicted molar refractivity (Wildman–Crippen MR) is 118 cm³/mol. The van der Waals surface area contributed by atoms with Crippen molar-refractivity contribution in [2.24, 2.45) is 0 Å². The summed E-state index contributed by atoms with van der Waals surface area (Å²) in [5.41, 5.74) is 0. The summed E-state index contributed by atoms with van der Waals surface area (Å²) in [6, 6.07) is 23.6. The van der Waals surface area contributed by atoms with Crippen LogP contribution in [0.1, 0.15) is 0 Å². The molecule has 0 saturated heterocycles. The Morgan fingerprint density at radius 2 is 0.667 bits per heavy atom. The van der Waals surface area contributed by atoms with E-state index in [2.05, 4.69) is 31.0 Å². The summed E-state index contributed by atoms with van der Waals surface area (Å²) in [4.78, 5) is 0. The fourth-order valence-electron chi connectivity index (χ4n) is 2.56. The number of hydrogen-bond acceptors (Lipinski definition) is 0. The van der Waals surface area contributed by atoms with E-state index in [1.807, 2.05) is 72.8 Å². The van der Waals surface area contributed by atoms with Crippen LogP contribution in [0.3, 0.4) is 0 Å². The SMILES string of the molecule is Clc1ccc(P(Br)(Br)(c2ccc(Cl)cc2)c2ccc(Cl)cc2)cc1. The molecule has 0 unspecified atom stereocenters. The topological polar surface area (TPSA) is 0 Å². The fourth-order valence-corrected chi connectivity index (χ4v) is 10.1. The first-order chi connectivity index (χ1) is 11.3. The summed E-state index contributed by atoms with van der Waals surface area (Å²) < 4.78 is -3.00. The van der Waals surface area contributed by atoms with E-state index in [4.69, 9.17) is 34.8 Å². The second-order valence-corrected chi connectivity index (χ2v) is 21.4. The van der Waals surface area contributed by atoms with Gasteiger partial charge >= 0.3 is 174 Å². The normalized spacial score (nSPS) is 13.3. The molecule has 0 N–H and O–H groups in total. The maximum atomic E-state index is 6.09. The molecule has 0 aliphatic carbocycles. The zero-order valence-electron chi connectivity index (χ0n) is 12.3. The van der Waals surface area contributed by atoms with E-state index >= 15 is 0 Å². The van der Waals surface area contributed by atoms with Crippen LogP contribution in [0.4, 0.5) is 0 Å². The molecule has 3 aromatic carbocycles. The predicted octanol–water partition coefficient (Wildman–Crippen LogP) is 7.10. The van der Waals surface area contributed by atoms with Gasteiger partial charge in [0, 0.05) is 0 Å². The van der Waals surface area contributed by atoms with Crippen LogP contribution >= 0.6 is 69.8 Å². The van der Waals surface area contributed by atoms with E-state index in [0.29, 0.717) is 15.1 Å². The Morgan fingerprint density at radius 1 is 0.458 bits per heavy atom. The molecule has 0 aliphatic heterocycles. The number of benzene rings is 3. The molecule has 0 fully saturated rings. The van der Waals surface area contributed by atoms with Gasteiger partial charge in [-0.15, -0.1) is 0 Å². The number of rotatable bonds is 3. The molecule has 0 amide bonds. The van der Waals surface area contributed by atoms with E-state index in [9.17, 15) is 0 Å². The van der Waals surface area contributed by atoms with Crippen LogP contribution in [-0.4, -0.2) is 0 Å². The molecular weight excluding hydrogens is 513 g/mol. The van der Waals surface area contributed by atoms with Gasteiger partial charge in [0.1, 0.15) is 0 Å². The average Bonchev–Trinajstić information content (AvgIpc) is 2.56. The molecule has 24 heavy (non-hydrogen) atoms. The zero-order valence-corrected chi connectivity index (χ0v) is 18.6. The van der Waals surface area contributed by atoms with E-state index in [1.54, 1.807) is 0 Å². The Labute approximate surface area is 172 Å². The summed E-state index contributed by atoms with van der Waals surface area (Å²) in [6.45, 7) is 0. The summed E-state index contributed by atoms with van der Waals surface area (Å²) in [5.74, 6) is 0. The van der Waals surface area contributed by atoms with Crippen LogP contribution in [0.5, 0.6) is 0 Å². The minimum atomic E-state index is -3.00. The van der Waals surface area contributed by atoms with Crippen molar-refractivity contribution < 1.29 is 0 Å². The van der Waals surface area contributed by atoms with Crippen molar-refractivity contribution in [3.8, 4) is 0 Å². The van der Waals surface area contributed by atoms with Gasteiger partial charge in [-0.2, -0.15) is 0 Å². The molecule has 0 aliphatic rings. The molecule has 0 bridgehead atoms. The third kappa shape index (κ3) is 3.30. The Bertz CT molecular complexity index is 743. The molecule has 0 radical (unpaired) electrons. The Morgan fingerprint density at radius 3 is 0.875 bits per heavy atom. The van der Waals surface area contributed by atoms with Gasteiger partial charge in [0.05, 0.1) is 0 Å². The molecule has 0 spiro atoms. The summed E-state index contributed by atoms with van der Waals surface area (Å²) in [6.07, 6.45) is 0. The summed E-state index contributed by atoms with van der Waals surface area (Å²) in [7, 11) is 0. The van der Waals surface area contributed by atoms with Crippen molar-refractivity contribution in [3.05, 3.63) is 87.9 Å². The Balaban J connectivity index is 2.33. The molecule has 124 valence electrons. The number of halogens is 5. The van der Waals surface area contributed by atoms with Crippen molar-refractivity contribution in [2.75, 3.05) is 0 Å². The molecule has 3 rings (SSSR count). The van der Waals surface area contributed by atoms with Crippen LogP contribution in [-0.2, 0) is 0 Å². The van der Waals surface area contributed by atoms with E-state index in [-0.39, 0.29) is 0 Å². The first kappa shape index (κ1) is 18.7. The van der Waals surface area contributed by atoms with Crippen LogP contribution in [0.2, 0.25) is 15.1 Å². The van der Waals surface area contributed by atoms with Gasteiger partial charge in [0.25, 0.3) is 0 Å². The molecule has 0 nitrogen and oxygen atoms in total. The third-order valence-electron chi connectivity index (χ3n) is 3.84. The average molecular weight is 525 g/mol. The second kappa shape index (κ2) is 6.91.